The Kier molecular flexibility index (Phi) is 10.2. The molecule has 1 aromatic rings. The van der Waals surface area contributed by atoms with Crippen LogP contribution in [0.1, 0.15) is 13.8 Å². The lowest BCUT2D eigenvalue weighted by Gasteiger charge is -2.37. The number of carbonyl (C=O) groups is 1. The molecular weight excluding hydrogens is 445 g/mol. The number of nitrogens with one attached hydrogen (secondary N) is 2. The second kappa shape index (κ2) is 11.8. The number of methoxy groups -OCH3 is 1. The molecule has 146 valence electrons. The monoisotopic (exact) mass is 475 g/mol. The van der Waals surface area contributed by atoms with Crippen LogP contribution in [0, 0.1) is 0 Å². The van der Waals surface area contributed by atoms with Gasteiger partial charge in [0.25, 0.3) is 0 Å². The molecule has 0 spiro atoms. The van der Waals surface area contributed by atoms with Gasteiger partial charge in [-0.1, -0.05) is 6.07 Å². The van der Waals surface area contributed by atoms with Crippen molar-refractivity contribution in [2.45, 2.75) is 13.8 Å². The van der Waals surface area contributed by atoms with Crippen molar-refractivity contribution in [3.8, 4) is 5.75 Å². The van der Waals surface area contributed by atoms with Gasteiger partial charge in [0.2, 0.25) is 5.91 Å². The maximum atomic E-state index is 11.6. The fraction of sp³-hybridized carbons (Fsp3) is 0.556. The summed E-state index contributed by atoms with van der Waals surface area (Å²) >= 11 is 0. The highest BCUT2D eigenvalue weighted by atomic mass is 127. The molecule has 2 rings (SSSR count). The number of ether oxygens (including phenoxy) is 1. The van der Waals surface area contributed by atoms with Crippen molar-refractivity contribution in [3.63, 3.8) is 0 Å². The zero-order valence-electron chi connectivity index (χ0n) is 15.8. The number of likely N-dealkylation sites (N-methyl/N-ethyl adjacent to an activating group) is 1. The van der Waals surface area contributed by atoms with E-state index in [2.05, 4.69) is 37.6 Å². The average molecular weight is 475 g/mol. The molecule has 1 heterocycles. The third-order valence-electron chi connectivity index (χ3n) is 4.08. The van der Waals surface area contributed by atoms with Gasteiger partial charge >= 0.3 is 0 Å². The SMILES string of the molecule is CCNC(=O)CN=C(NCC)N1CCN(c2cccc(OC)c2)CC1.I. The summed E-state index contributed by atoms with van der Waals surface area (Å²) in [4.78, 5) is 20.7. The molecule has 0 atom stereocenters. The molecule has 1 aliphatic rings. The number of carbonyl (C=O) groups excluding carboxylic acids is 1. The summed E-state index contributed by atoms with van der Waals surface area (Å²) in [5, 5.41) is 6.05. The van der Waals surface area contributed by atoms with Crippen molar-refractivity contribution in [1.29, 1.82) is 0 Å². The molecule has 0 saturated carbocycles. The summed E-state index contributed by atoms with van der Waals surface area (Å²) in [6.07, 6.45) is 0. The molecule has 1 fully saturated rings. The normalized spacial score (nSPS) is 14.5. The number of hydrogen-bond donors (Lipinski definition) is 2. The summed E-state index contributed by atoms with van der Waals surface area (Å²) in [5.74, 6) is 1.63. The Morgan fingerprint density at radius 1 is 1.15 bits per heavy atom. The van der Waals surface area contributed by atoms with Crippen molar-refractivity contribution in [2.24, 2.45) is 4.99 Å². The first kappa shape index (κ1) is 22.3. The number of hydrogen-bond acceptors (Lipinski definition) is 4. The average Bonchev–Trinajstić information content (AvgIpc) is 2.65. The minimum Gasteiger partial charge on any atom is -0.497 e. The highest BCUT2D eigenvalue weighted by Crippen LogP contribution is 2.22. The Labute approximate surface area is 173 Å². The fourth-order valence-electron chi connectivity index (χ4n) is 2.81. The van der Waals surface area contributed by atoms with Crippen molar-refractivity contribution < 1.29 is 9.53 Å². The van der Waals surface area contributed by atoms with Crippen LogP contribution in [0.5, 0.6) is 5.75 Å². The molecule has 2 N–H and O–H groups in total. The summed E-state index contributed by atoms with van der Waals surface area (Å²) in [5.41, 5.74) is 1.17. The largest absolute Gasteiger partial charge is 0.497 e. The number of benzene rings is 1. The second-order valence-corrected chi connectivity index (χ2v) is 5.80. The third kappa shape index (κ3) is 6.54. The van der Waals surface area contributed by atoms with Gasteiger partial charge in [-0.2, -0.15) is 0 Å². The number of anilines is 1. The van der Waals surface area contributed by atoms with Crippen molar-refractivity contribution in [1.82, 2.24) is 15.5 Å². The van der Waals surface area contributed by atoms with E-state index in [9.17, 15) is 4.79 Å². The number of nitrogens with zero attached hydrogens (tertiary/aromatic N) is 3. The Bertz CT molecular complexity index is 589. The quantitative estimate of drug-likeness (QED) is 0.371. The Hall–Kier alpha value is -1.71. The zero-order chi connectivity index (χ0) is 18.1. The summed E-state index contributed by atoms with van der Waals surface area (Å²) in [6, 6.07) is 8.13. The van der Waals surface area contributed by atoms with Crippen molar-refractivity contribution in [3.05, 3.63) is 24.3 Å². The molecule has 1 saturated heterocycles. The molecule has 1 aliphatic heterocycles. The van der Waals surface area contributed by atoms with Gasteiger partial charge < -0.3 is 25.2 Å². The van der Waals surface area contributed by atoms with Gasteiger partial charge in [0.15, 0.2) is 5.96 Å². The van der Waals surface area contributed by atoms with Crippen LogP contribution >= 0.6 is 24.0 Å². The third-order valence-corrected chi connectivity index (χ3v) is 4.08. The van der Waals surface area contributed by atoms with Crippen LogP contribution in [-0.4, -0.2) is 69.7 Å². The second-order valence-electron chi connectivity index (χ2n) is 5.80. The highest BCUT2D eigenvalue weighted by molar-refractivity contribution is 14.0. The van der Waals surface area contributed by atoms with E-state index in [-0.39, 0.29) is 36.4 Å². The number of guanidine groups is 1. The minimum atomic E-state index is -0.0482. The van der Waals surface area contributed by atoms with E-state index < -0.39 is 0 Å². The van der Waals surface area contributed by atoms with Gasteiger partial charge in [0.1, 0.15) is 12.3 Å². The van der Waals surface area contributed by atoms with E-state index in [0.29, 0.717) is 6.54 Å². The topological polar surface area (TPSA) is 69.2 Å². The lowest BCUT2D eigenvalue weighted by atomic mass is 10.2. The maximum absolute atomic E-state index is 11.6. The predicted molar refractivity (Wildman–Crippen MR) is 117 cm³/mol. The van der Waals surface area contributed by atoms with Gasteiger partial charge in [0, 0.05) is 51.0 Å². The first-order chi connectivity index (χ1) is 12.2. The number of aliphatic imine (C=N–C) groups is 1. The molecule has 0 aliphatic carbocycles. The fourth-order valence-corrected chi connectivity index (χ4v) is 2.81. The maximum Gasteiger partial charge on any atom is 0.241 e. The van der Waals surface area contributed by atoms with E-state index in [1.165, 1.54) is 5.69 Å². The van der Waals surface area contributed by atoms with Gasteiger partial charge in [-0.05, 0) is 26.0 Å². The highest BCUT2D eigenvalue weighted by Gasteiger charge is 2.20. The summed E-state index contributed by atoms with van der Waals surface area (Å²) in [6.45, 7) is 9.04. The van der Waals surface area contributed by atoms with Crippen LogP contribution in [-0.2, 0) is 4.79 Å². The van der Waals surface area contributed by atoms with Gasteiger partial charge in [-0.25, -0.2) is 4.99 Å². The van der Waals surface area contributed by atoms with Crippen LogP contribution in [0.2, 0.25) is 0 Å². The van der Waals surface area contributed by atoms with Gasteiger partial charge in [-0.15, -0.1) is 24.0 Å². The van der Waals surface area contributed by atoms with Crippen molar-refractivity contribution in [2.75, 3.05) is 57.8 Å². The van der Waals surface area contributed by atoms with Gasteiger partial charge in [0.05, 0.1) is 7.11 Å². The smallest absolute Gasteiger partial charge is 0.241 e. The molecule has 0 radical (unpaired) electrons. The molecule has 0 bridgehead atoms. The zero-order valence-corrected chi connectivity index (χ0v) is 18.2. The van der Waals surface area contributed by atoms with E-state index in [1.807, 2.05) is 26.0 Å². The molecule has 1 aromatic carbocycles. The molecule has 8 heteroatoms. The van der Waals surface area contributed by atoms with E-state index >= 15 is 0 Å². The lowest BCUT2D eigenvalue weighted by molar-refractivity contribution is -0.119. The van der Waals surface area contributed by atoms with E-state index in [1.54, 1.807) is 7.11 Å². The number of rotatable bonds is 6. The Morgan fingerprint density at radius 3 is 2.46 bits per heavy atom. The Morgan fingerprint density at radius 2 is 1.85 bits per heavy atom. The molecule has 1 amide bonds. The standard InChI is InChI=1S/C18H29N5O2.HI/c1-4-19-17(24)14-21-18(20-5-2)23-11-9-22(10-12-23)15-7-6-8-16(13-15)25-3;/h6-8,13H,4-5,9-12,14H2,1-3H3,(H,19,24)(H,20,21);1H. The van der Waals surface area contributed by atoms with Crippen molar-refractivity contribution >= 4 is 41.5 Å². The lowest BCUT2D eigenvalue weighted by Crippen LogP contribution is -2.52. The molecule has 26 heavy (non-hydrogen) atoms. The van der Waals surface area contributed by atoms with Gasteiger partial charge in [-0.3, -0.25) is 4.79 Å². The number of halogens is 1. The van der Waals surface area contributed by atoms with Crippen LogP contribution in [0.3, 0.4) is 0 Å². The van der Waals surface area contributed by atoms with E-state index in [4.69, 9.17) is 4.74 Å². The molecule has 0 unspecified atom stereocenters. The van der Waals surface area contributed by atoms with Crippen LogP contribution in [0.25, 0.3) is 0 Å². The number of amides is 1. The molecule has 0 aromatic heterocycles. The Balaban J connectivity index is 0.00000338. The van der Waals surface area contributed by atoms with Crippen LogP contribution < -0.4 is 20.3 Å². The predicted octanol–water partition coefficient (Wildman–Crippen LogP) is 1.54. The molecule has 7 nitrogen and oxygen atoms in total. The van der Waals surface area contributed by atoms with E-state index in [0.717, 1.165) is 44.4 Å². The number of piperazine rings is 1. The van der Waals surface area contributed by atoms with Crippen LogP contribution in [0.4, 0.5) is 5.69 Å². The first-order valence-corrected chi connectivity index (χ1v) is 8.86. The summed E-state index contributed by atoms with van der Waals surface area (Å²) < 4.78 is 5.31. The van der Waals surface area contributed by atoms with Crippen LogP contribution in [0.15, 0.2) is 29.3 Å². The minimum absolute atomic E-state index is 0. The first-order valence-electron chi connectivity index (χ1n) is 8.86. The summed E-state index contributed by atoms with van der Waals surface area (Å²) in [7, 11) is 1.69. The molecular formula is C18H30IN5O2.